The van der Waals surface area contributed by atoms with E-state index in [0.717, 1.165) is 18.8 Å². The molecule has 0 aromatic heterocycles. The van der Waals surface area contributed by atoms with E-state index < -0.39 is 0 Å². The first kappa shape index (κ1) is 12.2. The maximum absolute atomic E-state index is 8.82. The van der Waals surface area contributed by atoms with Gasteiger partial charge in [-0.1, -0.05) is 11.6 Å². The average Bonchev–Trinajstić information content (AvgIpc) is 2.77. The SMILES string of the molecule is CNCC1CCCN1c1ccc(C#N)cc1Cl. The molecule has 1 aromatic rings. The molecule has 0 saturated carbocycles. The molecular formula is C13H16ClN3. The van der Waals surface area contributed by atoms with Crippen LogP contribution in [0.2, 0.25) is 5.02 Å². The summed E-state index contributed by atoms with van der Waals surface area (Å²) in [6, 6.07) is 8.14. The van der Waals surface area contributed by atoms with E-state index >= 15 is 0 Å². The van der Waals surface area contributed by atoms with Gasteiger partial charge in [0.1, 0.15) is 0 Å². The number of anilines is 1. The fourth-order valence-corrected chi connectivity index (χ4v) is 2.70. The fourth-order valence-electron chi connectivity index (χ4n) is 2.41. The van der Waals surface area contributed by atoms with Crippen LogP contribution in [0.3, 0.4) is 0 Å². The van der Waals surface area contributed by atoms with Crippen molar-refractivity contribution in [1.82, 2.24) is 5.32 Å². The van der Waals surface area contributed by atoms with E-state index in [0.29, 0.717) is 16.6 Å². The zero-order chi connectivity index (χ0) is 12.3. The number of benzene rings is 1. The Hall–Kier alpha value is -1.24. The Balaban J connectivity index is 2.24. The molecule has 1 saturated heterocycles. The molecule has 3 nitrogen and oxygen atoms in total. The second kappa shape index (κ2) is 5.39. The van der Waals surface area contributed by atoms with E-state index in [1.54, 1.807) is 6.07 Å². The van der Waals surface area contributed by atoms with Crippen LogP contribution in [-0.2, 0) is 0 Å². The maximum Gasteiger partial charge on any atom is 0.0992 e. The van der Waals surface area contributed by atoms with Crippen LogP contribution in [0.4, 0.5) is 5.69 Å². The molecule has 4 heteroatoms. The highest BCUT2D eigenvalue weighted by Crippen LogP contribution is 2.32. The Morgan fingerprint density at radius 3 is 3.06 bits per heavy atom. The molecule has 1 fully saturated rings. The molecule has 0 radical (unpaired) electrons. The van der Waals surface area contributed by atoms with Gasteiger partial charge in [0.05, 0.1) is 22.3 Å². The van der Waals surface area contributed by atoms with Crippen LogP contribution in [0.25, 0.3) is 0 Å². The van der Waals surface area contributed by atoms with Crippen LogP contribution in [-0.4, -0.2) is 26.2 Å². The zero-order valence-corrected chi connectivity index (χ0v) is 10.7. The number of rotatable bonds is 3. The third-order valence-electron chi connectivity index (χ3n) is 3.20. The largest absolute Gasteiger partial charge is 0.366 e. The minimum atomic E-state index is 0.505. The van der Waals surface area contributed by atoms with E-state index in [1.165, 1.54) is 12.8 Å². The Morgan fingerprint density at radius 1 is 1.59 bits per heavy atom. The Morgan fingerprint density at radius 2 is 2.41 bits per heavy atom. The van der Waals surface area contributed by atoms with Gasteiger partial charge in [-0.2, -0.15) is 5.26 Å². The molecule has 1 aromatic carbocycles. The van der Waals surface area contributed by atoms with Crippen LogP contribution in [0.15, 0.2) is 18.2 Å². The summed E-state index contributed by atoms with van der Waals surface area (Å²) in [7, 11) is 1.97. The van der Waals surface area contributed by atoms with Crippen LogP contribution in [0.1, 0.15) is 18.4 Å². The monoisotopic (exact) mass is 249 g/mol. The highest BCUT2D eigenvalue weighted by Gasteiger charge is 2.25. The van der Waals surface area contributed by atoms with Gasteiger partial charge in [0.2, 0.25) is 0 Å². The van der Waals surface area contributed by atoms with Crippen molar-refractivity contribution in [3.8, 4) is 6.07 Å². The molecule has 0 spiro atoms. The topological polar surface area (TPSA) is 39.1 Å². The smallest absolute Gasteiger partial charge is 0.0992 e. The van der Waals surface area contributed by atoms with E-state index in [1.807, 2.05) is 19.2 Å². The third-order valence-corrected chi connectivity index (χ3v) is 3.51. The molecular weight excluding hydrogens is 234 g/mol. The van der Waals surface area contributed by atoms with Crippen LogP contribution < -0.4 is 10.2 Å². The van der Waals surface area contributed by atoms with Gasteiger partial charge in [-0.25, -0.2) is 0 Å². The van der Waals surface area contributed by atoms with Gasteiger partial charge in [-0.05, 0) is 38.1 Å². The lowest BCUT2D eigenvalue weighted by Gasteiger charge is -2.27. The molecule has 1 unspecified atom stereocenters. The van der Waals surface area contributed by atoms with E-state index in [-0.39, 0.29) is 0 Å². The first-order valence-corrected chi connectivity index (χ1v) is 6.25. The second-order valence-electron chi connectivity index (χ2n) is 4.33. The summed E-state index contributed by atoms with van der Waals surface area (Å²) in [5.74, 6) is 0. The summed E-state index contributed by atoms with van der Waals surface area (Å²) >= 11 is 6.24. The predicted octanol–water partition coefficient (Wildman–Crippen LogP) is 2.40. The average molecular weight is 250 g/mol. The van der Waals surface area contributed by atoms with Crippen molar-refractivity contribution < 1.29 is 0 Å². The third kappa shape index (κ3) is 2.54. The zero-order valence-electron chi connectivity index (χ0n) is 9.91. The molecule has 1 aliphatic heterocycles. The first-order chi connectivity index (χ1) is 8.26. The van der Waals surface area contributed by atoms with Crippen molar-refractivity contribution in [2.45, 2.75) is 18.9 Å². The van der Waals surface area contributed by atoms with Crippen molar-refractivity contribution in [1.29, 1.82) is 5.26 Å². The molecule has 1 aliphatic rings. The molecule has 17 heavy (non-hydrogen) atoms. The summed E-state index contributed by atoms with van der Waals surface area (Å²) in [5, 5.41) is 12.7. The Kier molecular flexibility index (Phi) is 3.88. The number of hydrogen-bond donors (Lipinski definition) is 1. The summed E-state index contributed by atoms with van der Waals surface area (Å²) in [6.45, 7) is 2.01. The van der Waals surface area contributed by atoms with Gasteiger partial charge >= 0.3 is 0 Å². The molecule has 1 atom stereocenters. The maximum atomic E-state index is 8.82. The van der Waals surface area contributed by atoms with Gasteiger partial charge in [-0.3, -0.25) is 0 Å². The first-order valence-electron chi connectivity index (χ1n) is 5.87. The predicted molar refractivity (Wildman–Crippen MR) is 70.5 cm³/mol. The number of nitrogens with zero attached hydrogens (tertiary/aromatic N) is 2. The summed E-state index contributed by atoms with van der Waals surface area (Å²) in [4.78, 5) is 2.33. The van der Waals surface area contributed by atoms with E-state index in [4.69, 9.17) is 16.9 Å². The highest BCUT2D eigenvalue weighted by atomic mass is 35.5. The molecule has 1 heterocycles. The molecule has 1 N–H and O–H groups in total. The van der Waals surface area contributed by atoms with Crippen molar-refractivity contribution in [3.63, 3.8) is 0 Å². The van der Waals surface area contributed by atoms with Gasteiger partial charge in [0.15, 0.2) is 0 Å². The van der Waals surface area contributed by atoms with Crippen molar-refractivity contribution >= 4 is 17.3 Å². The van der Waals surface area contributed by atoms with Crippen LogP contribution >= 0.6 is 11.6 Å². The van der Waals surface area contributed by atoms with E-state index in [9.17, 15) is 0 Å². The quantitative estimate of drug-likeness (QED) is 0.894. The fraction of sp³-hybridized carbons (Fsp3) is 0.462. The van der Waals surface area contributed by atoms with Gasteiger partial charge in [0.25, 0.3) is 0 Å². The lowest BCUT2D eigenvalue weighted by molar-refractivity contribution is 0.615. The number of hydrogen-bond acceptors (Lipinski definition) is 3. The summed E-state index contributed by atoms with van der Waals surface area (Å²) < 4.78 is 0. The summed E-state index contributed by atoms with van der Waals surface area (Å²) in [6.07, 6.45) is 2.39. The minimum absolute atomic E-state index is 0.505. The van der Waals surface area contributed by atoms with Gasteiger partial charge in [-0.15, -0.1) is 0 Å². The summed E-state index contributed by atoms with van der Waals surface area (Å²) in [5.41, 5.74) is 1.66. The number of halogens is 1. The number of nitrogens with one attached hydrogen (secondary N) is 1. The molecule has 0 bridgehead atoms. The van der Waals surface area contributed by atoms with Gasteiger partial charge < -0.3 is 10.2 Å². The second-order valence-corrected chi connectivity index (χ2v) is 4.73. The molecule has 0 amide bonds. The Labute approximate surface area is 107 Å². The lowest BCUT2D eigenvalue weighted by atomic mass is 10.1. The molecule has 2 rings (SSSR count). The molecule has 90 valence electrons. The lowest BCUT2D eigenvalue weighted by Crippen LogP contribution is -2.36. The van der Waals surface area contributed by atoms with Crippen LogP contribution in [0, 0.1) is 11.3 Å². The standard InChI is InChI=1S/C13H16ClN3/c1-16-9-11-3-2-6-17(11)13-5-4-10(8-15)7-12(13)14/h4-5,7,11,16H,2-3,6,9H2,1H3. The highest BCUT2D eigenvalue weighted by molar-refractivity contribution is 6.33. The van der Waals surface area contributed by atoms with Crippen LogP contribution in [0.5, 0.6) is 0 Å². The Bertz CT molecular complexity index is 439. The van der Waals surface area contributed by atoms with E-state index in [2.05, 4.69) is 16.3 Å². The minimum Gasteiger partial charge on any atom is -0.366 e. The molecule has 0 aliphatic carbocycles. The van der Waals surface area contributed by atoms with Gasteiger partial charge in [0, 0.05) is 19.1 Å². The normalized spacial score (nSPS) is 19.4. The van der Waals surface area contributed by atoms with Crippen molar-refractivity contribution in [2.24, 2.45) is 0 Å². The number of likely N-dealkylation sites (N-methyl/N-ethyl adjacent to an activating group) is 1. The van der Waals surface area contributed by atoms with Crippen molar-refractivity contribution in [2.75, 3.05) is 25.0 Å². The van der Waals surface area contributed by atoms with Crippen molar-refractivity contribution in [3.05, 3.63) is 28.8 Å². The number of nitriles is 1.